The predicted octanol–water partition coefficient (Wildman–Crippen LogP) is 1.89. The van der Waals surface area contributed by atoms with Crippen molar-refractivity contribution in [1.29, 1.82) is 0 Å². The van der Waals surface area contributed by atoms with Gasteiger partial charge in [-0.2, -0.15) is 11.8 Å². The summed E-state index contributed by atoms with van der Waals surface area (Å²) in [6.45, 7) is 0. The molecule has 0 aliphatic carbocycles. The zero-order chi connectivity index (χ0) is 11.0. The summed E-state index contributed by atoms with van der Waals surface area (Å²) in [5.74, 6) is 2.68. The van der Waals surface area contributed by atoms with E-state index in [2.05, 4.69) is 19.9 Å². The molecule has 5 nitrogen and oxygen atoms in total. The van der Waals surface area contributed by atoms with E-state index >= 15 is 0 Å². The highest BCUT2D eigenvalue weighted by Gasteiger charge is 2.20. The number of nitrogens with two attached hydrogens (primary N) is 1. The number of H-pyrrole nitrogens is 1. The third-order valence-corrected chi connectivity index (χ3v) is 4.21. The van der Waals surface area contributed by atoms with Gasteiger partial charge in [0.15, 0.2) is 11.5 Å². The number of nitrogens with one attached hydrogen (secondary N) is 1. The first-order valence-corrected chi connectivity index (χ1v) is 6.47. The second-order valence-corrected chi connectivity index (χ2v) is 5.25. The van der Waals surface area contributed by atoms with Crippen LogP contribution in [-0.4, -0.2) is 25.7 Å². The topological polar surface area (TPSA) is 80.5 Å². The van der Waals surface area contributed by atoms with E-state index in [1.54, 1.807) is 0 Å². The lowest BCUT2D eigenvalue weighted by Crippen LogP contribution is -2.03. The van der Waals surface area contributed by atoms with Gasteiger partial charge in [-0.25, -0.2) is 15.0 Å². The summed E-state index contributed by atoms with van der Waals surface area (Å²) in [5, 5.41) is 0.461. The fourth-order valence-electron chi connectivity index (χ4n) is 1.97. The molecule has 16 heavy (non-hydrogen) atoms. The largest absolute Gasteiger partial charge is 0.382 e. The van der Waals surface area contributed by atoms with Gasteiger partial charge >= 0.3 is 0 Å². The quantitative estimate of drug-likeness (QED) is 0.789. The summed E-state index contributed by atoms with van der Waals surface area (Å²) < 4.78 is 0. The number of aromatic amines is 1. The van der Waals surface area contributed by atoms with Gasteiger partial charge in [0.1, 0.15) is 17.7 Å². The number of nitrogens with zero attached hydrogens (tertiary/aromatic N) is 3. The molecule has 1 atom stereocenters. The minimum Gasteiger partial charge on any atom is -0.382 e. The predicted molar refractivity (Wildman–Crippen MR) is 65.1 cm³/mol. The first-order chi connectivity index (χ1) is 7.84. The molecule has 0 bridgehead atoms. The highest BCUT2D eigenvalue weighted by molar-refractivity contribution is 7.99. The molecule has 0 aromatic carbocycles. The van der Waals surface area contributed by atoms with Crippen molar-refractivity contribution in [3.63, 3.8) is 0 Å². The van der Waals surface area contributed by atoms with Crippen LogP contribution in [0.25, 0.3) is 11.2 Å². The van der Waals surface area contributed by atoms with E-state index in [1.165, 1.54) is 31.3 Å². The molecule has 0 saturated carbocycles. The Morgan fingerprint density at radius 1 is 1.38 bits per heavy atom. The molecule has 6 heteroatoms. The summed E-state index contributed by atoms with van der Waals surface area (Å²) in [6.07, 6.45) is 5.22. The molecule has 1 fully saturated rings. The number of anilines is 1. The van der Waals surface area contributed by atoms with E-state index < -0.39 is 0 Å². The second kappa shape index (κ2) is 3.93. The van der Waals surface area contributed by atoms with Crippen molar-refractivity contribution >= 4 is 28.7 Å². The van der Waals surface area contributed by atoms with Gasteiger partial charge in [0.05, 0.1) is 5.25 Å². The van der Waals surface area contributed by atoms with Gasteiger partial charge in [-0.3, -0.25) is 0 Å². The molecule has 0 radical (unpaired) electrons. The SMILES string of the molecule is Nc1ncnc2nc(C3CCCCS3)[nH]c12. The maximum Gasteiger partial charge on any atom is 0.183 e. The van der Waals surface area contributed by atoms with Gasteiger partial charge in [-0.15, -0.1) is 0 Å². The summed E-state index contributed by atoms with van der Waals surface area (Å²) in [4.78, 5) is 15.8. The Bertz CT molecular complexity index is 503. The average Bonchev–Trinajstić information content (AvgIpc) is 2.76. The number of imidazole rings is 1. The zero-order valence-electron chi connectivity index (χ0n) is 8.81. The van der Waals surface area contributed by atoms with Gasteiger partial charge in [0.25, 0.3) is 0 Å². The van der Waals surface area contributed by atoms with Crippen LogP contribution in [0.5, 0.6) is 0 Å². The second-order valence-electron chi connectivity index (χ2n) is 3.93. The Hall–Kier alpha value is -1.30. The lowest BCUT2D eigenvalue weighted by atomic mass is 10.2. The number of aromatic nitrogens is 4. The molecule has 0 amide bonds. The van der Waals surface area contributed by atoms with E-state index in [0.29, 0.717) is 16.7 Å². The van der Waals surface area contributed by atoms with Crippen molar-refractivity contribution in [3.8, 4) is 0 Å². The van der Waals surface area contributed by atoms with E-state index in [1.807, 2.05) is 11.8 Å². The van der Waals surface area contributed by atoms with Crippen molar-refractivity contribution in [1.82, 2.24) is 19.9 Å². The molecule has 1 aliphatic rings. The number of nitrogen functional groups attached to an aromatic ring is 1. The van der Waals surface area contributed by atoms with Crippen molar-refractivity contribution in [3.05, 3.63) is 12.2 Å². The minimum absolute atomic E-state index is 0.461. The summed E-state index contributed by atoms with van der Waals surface area (Å²) in [5.41, 5.74) is 7.21. The Morgan fingerprint density at radius 2 is 2.31 bits per heavy atom. The number of rotatable bonds is 1. The monoisotopic (exact) mass is 235 g/mol. The molecule has 84 valence electrons. The number of fused-ring (bicyclic) bond motifs is 1. The highest BCUT2D eigenvalue weighted by atomic mass is 32.2. The van der Waals surface area contributed by atoms with E-state index in [-0.39, 0.29) is 0 Å². The standard InChI is InChI=1S/C10H13N5S/c11-8-7-10(13-5-12-8)15-9(14-7)6-3-1-2-4-16-6/h5-6H,1-4H2,(H3,11,12,13,14,15). The van der Waals surface area contributed by atoms with Crippen molar-refractivity contribution in [2.45, 2.75) is 24.5 Å². The third kappa shape index (κ3) is 1.63. The number of hydrogen-bond donors (Lipinski definition) is 2. The van der Waals surface area contributed by atoms with Crippen LogP contribution in [0.4, 0.5) is 5.82 Å². The molecule has 3 heterocycles. The van der Waals surface area contributed by atoms with Gasteiger partial charge in [0, 0.05) is 0 Å². The fraction of sp³-hybridized carbons (Fsp3) is 0.500. The molecule has 1 aliphatic heterocycles. The first-order valence-electron chi connectivity index (χ1n) is 5.42. The molecule has 0 spiro atoms. The van der Waals surface area contributed by atoms with E-state index in [4.69, 9.17) is 5.73 Å². The first kappa shape index (κ1) is 9.89. The maximum absolute atomic E-state index is 5.77. The Labute approximate surface area is 97.3 Å². The maximum atomic E-state index is 5.77. The molecule has 2 aromatic heterocycles. The van der Waals surface area contributed by atoms with Gasteiger partial charge in [0.2, 0.25) is 0 Å². The van der Waals surface area contributed by atoms with E-state index in [9.17, 15) is 0 Å². The van der Waals surface area contributed by atoms with Crippen LogP contribution < -0.4 is 5.73 Å². The van der Waals surface area contributed by atoms with Gasteiger partial charge in [-0.1, -0.05) is 6.42 Å². The summed E-state index contributed by atoms with van der Waals surface area (Å²) >= 11 is 1.95. The number of hydrogen-bond acceptors (Lipinski definition) is 5. The lowest BCUT2D eigenvalue weighted by Gasteiger charge is -2.18. The van der Waals surface area contributed by atoms with Crippen LogP contribution in [-0.2, 0) is 0 Å². The Morgan fingerprint density at radius 3 is 3.06 bits per heavy atom. The molecule has 1 saturated heterocycles. The zero-order valence-corrected chi connectivity index (χ0v) is 9.63. The lowest BCUT2D eigenvalue weighted by molar-refractivity contribution is 0.668. The van der Waals surface area contributed by atoms with Gasteiger partial charge in [-0.05, 0) is 18.6 Å². The normalized spacial score (nSPS) is 21.4. The molecule has 3 rings (SSSR count). The Kier molecular flexibility index (Phi) is 2.43. The van der Waals surface area contributed by atoms with Crippen molar-refractivity contribution in [2.24, 2.45) is 0 Å². The van der Waals surface area contributed by atoms with Crippen LogP contribution >= 0.6 is 11.8 Å². The third-order valence-electron chi connectivity index (χ3n) is 2.82. The minimum atomic E-state index is 0.461. The molecular weight excluding hydrogens is 222 g/mol. The van der Waals surface area contributed by atoms with Crippen LogP contribution in [0.1, 0.15) is 30.3 Å². The van der Waals surface area contributed by atoms with Crippen molar-refractivity contribution in [2.75, 3.05) is 11.5 Å². The molecular formula is C10H13N5S. The van der Waals surface area contributed by atoms with E-state index in [0.717, 1.165) is 11.3 Å². The van der Waals surface area contributed by atoms with Crippen LogP contribution in [0, 0.1) is 0 Å². The highest BCUT2D eigenvalue weighted by Crippen LogP contribution is 2.37. The fourth-order valence-corrected chi connectivity index (χ4v) is 3.23. The molecule has 2 aromatic rings. The Balaban J connectivity index is 2.01. The number of thioether (sulfide) groups is 1. The molecule has 3 N–H and O–H groups in total. The van der Waals surface area contributed by atoms with Crippen molar-refractivity contribution < 1.29 is 0 Å². The van der Waals surface area contributed by atoms with Gasteiger partial charge < -0.3 is 10.7 Å². The molecule has 1 unspecified atom stereocenters. The average molecular weight is 235 g/mol. The van der Waals surface area contributed by atoms with Crippen LogP contribution in [0.3, 0.4) is 0 Å². The smallest absolute Gasteiger partial charge is 0.183 e. The van der Waals surface area contributed by atoms with Crippen LogP contribution in [0.15, 0.2) is 6.33 Å². The summed E-state index contributed by atoms with van der Waals surface area (Å²) in [6, 6.07) is 0. The van der Waals surface area contributed by atoms with Crippen LogP contribution in [0.2, 0.25) is 0 Å². The summed E-state index contributed by atoms with van der Waals surface area (Å²) in [7, 11) is 0.